The number of carbonyl (C=O) groups excluding carboxylic acids is 2. The number of nitrogens with one attached hydrogen (secondary N) is 3. The number of urea groups is 1. The smallest absolute Gasteiger partial charge is 0.326 e. The minimum absolute atomic E-state index is 0.0445. The van der Waals surface area contributed by atoms with E-state index in [1.54, 1.807) is 24.3 Å². The van der Waals surface area contributed by atoms with Gasteiger partial charge in [-0.25, -0.2) is 4.79 Å². The highest BCUT2D eigenvalue weighted by Crippen LogP contribution is 2.18. The Morgan fingerprint density at radius 2 is 2.23 bits per heavy atom. The summed E-state index contributed by atoms with van der Waals surface area (Å²) >= 11 is 0. The Balaban J connectivity index is 1.64. The lowest BCUT2D eigenvalue weighted by molar-refractivity contribution is -0.119. The van der Waals surface area contributed by atoms with Gasteiger partial charge in [-0.3, -0.25) is 10.1 Å². The van der Waals surface area contributed by atoms with Crippen LogP contribution in [0.2, 0.25) is 0 Å². The van der Waals surface area contributed by atoms with Crippen LogP contribution in [-0.4, -0.2) is 39.4 Å². The number of tetrazole rings is 1. The second-order valence-corrected chi connectivity index (χ2v) is 4.14. The van der Waals surface area contributed by atoms with Gasteiger partial charge in [0.1, 0.15) is 6.26 Å². The molecule has 0 radical (unpaired) electrons. The van der Waals surface area contributed by atoms with E-state index >= 15 is 0 Å². The van der Waals surface area contributed by atoms with Crippen molar-refractivity contribution in [3.63, 3.8) is 0 Å². The third kappa shape index (κ3) is 3.00. The number of aromatic nitrogens is 4. The number of H-pyrrole nitrogens is 1. The normalized spacial score (nSPS) is 12.8. The number of ether oxygens (including phenoxy) is 2. The van der Waals surface area contributed by atoms with Gasteiger partial charge in [0.25, 0.3) is 5.91 Å². The van der Waals surface area contributed by atoms with Gasteiger partial charge < -0.3 is 14.8 Å². The van der Waals surface area contributed by atoms with Gasteiger partial charge in [0.2, 0.25) is 18.4 Å². The van der Waals surface area contributed by atoms with Crippen molar-refractivity contribution in [3.8, 4) is 11.4 Å². The molecule has 22 heavy (non-hydrogen) atoms. The van der Waals surface area contributed by atoms with Gasteiger partial charge >= 0.3 is 6.03 Å². The van der Waals surface area contributed by atoms with Gasteiger partial charge in [-0.2, -0.15) is 5.21 Å². The Kier molecular flexibility index (Phi) is 3.64. The molecule has 3 N–H and O–H groups in total. The van der Waals surface area contributed by atoms with Crippen molar-refractivity contribution in [3.05, 3.63) is 36.3 Å². The first kappa shape index (κ1) is 13.5. The molecule has 2 heterocycles. The highest BCUT2D eigenvalue weighted by Gasteiger charge is 2.18. The van der Waals surface area contributed by atoms with Crippen molar-refractivity contribution in [2.75, 3.05) is 12.1 Å². The minimum Gasteiger partial charge on any atom is -0.461 e. The van der Waals surface area contributed by atoms with Crippen LogP contribution in [0.5, 0.6) is 0 Å². The first-order chi connectivity index (χ1) is 10.7. The zero-order valence-corrected chi connectivity index (χ0v) is 11.1. The van der Waals surface area contributed by atoms with E-state index in [1.165, 1.54) is 0 Å². The molecule has 2 aromatic rings. The number of rotatable bonds is 3. The van der Waals surface area contributed by atoms with Crippen molar-refractivity contribution in [1.82, 2.24) is 25.9 Å². The molecule has 1 aliphatic rings. The van der Waals surface area contributed by atoms with Gasteiger partial charge in [-0.05, 0) is 17.3 Å². The zero-order valence-electron chi connectivity index (χ0n) is 11.1. The summed E-state index contributed by atoms with van der Waals surface area (Å²) in [7, 11) is 0. The molecular weight excluding hydrogens is 292 g/mol. The monoisotopic (exact) mass is 302 g/mol. The van der Waals surface area contributed by atoms with E-state index in [0.717, 1.165) is 6.26 Å². The molecular formula is C12H10N6O4. The number of amides is 3. The predicted octanol–water partition coefficient (Wildman–Crippen LogP) is 0.360. The molecule has 0 saturated heterocycles. The van der Waals surface area contributed by atoms with Gasteiger partial charge in [0, 0.05) is 11.3 Å². The van der Waals surface area contributed by atoms with Crippen LogP contribution < -0.4 is 10.6 Å². The highest BCUT2D eigenvalue weighted by molar-refractivity contribution is 6.06. The molecule has 3 amide bonds. The fourth-order valence-electron chi connectivity index (χ4n) is 1.71. The summed E-state index contributed by atoms with van der Waals surface area (Å²) in [6, 6.07) is 6.06. The number of aromatic amines is 1. The first-order valence-electron chi connectivity index (χ1n) is 6.13. The maximum atomic E-state index is 11.8. The summed E-state index contributed by atoms with van der Waals surface area (Å²) < 4.78 is 9.59. The van der Waals surface area contributed by atoms with Crippen LogP contribution >= 0.6 is 0 Å². The molecule has 0 bridgehead atoms. The molecule has 1 aromatic heterocycles. The molecule has 112 valence electrons. The minimum atomic E-state index is -0.702. The average Bonchev–Trinajstić information content (AvgIpc) is 3.21. The number of anilines is 1. The Hall–Kier alpha value is -3.43. The molecule has 0 fully saturated rings. The Morgan fingerprint density at radius 3 is 2.95 bits per heavy atom. The van der Waals surface area contributed by atoms with E-state index in [1.807, 2.05) is 0 Å². The van der Waals surface area contributed by atoms with Gasteiger partial charge in [-0.15, -0.1) is 10.2 Å². The number of hydrogen-bond donors (Lipinski definition) is 3. The van der Waals surface area contributed by atoms with Crippen LogP contribution in [0, 0.1) is 0 Å². The molecule has 1 aliphatic heterocycles. The molecule has 0 aliphatic carbocycles. The largest absolute Gasteiger partial charge is 0.461 e. The summed E-state index contributed by atoms with van der Waals surface area (Å²) in [6.45, 7) is -0.0445. The van der Waals surface area contributed by atoms with Crippen molar-refractivity contribution in [2.45, 2.75) is 0 Å². The number of carbonyl (C=O) groups is 2. The predicted molar refractivity (Wildman–Crippen MR) is 71.9 cm³/mol. The van der Waals surface area contributed by atoms with Gasteiger partial charge in [0.15, 0.2) is 0 Å². The van der Waals surface area contributed by atoms with Crippen molar-refractivity contribution >= 4 is 17.6 Å². The third-order valence-electron chi connectivity index (χ3n) is 2.65. The van der Waals surface area contributed by atoms with Crippen LogP contribution in [0.1, 0.15) is 0 Å². The Bertz CT molecular complexity index is 727. The highest BCUT2D eigenvalue weighted by atomic mass is 16.7. The number of benzene rings is 1. The molecule has 0 spiro atoms. The molecule has 3 rings (SSSR count). The van der Waals surface area contributed by atoms with Crippen LogP contribution in [0.3, 0.4) is 0 Å². The average molecular weight is 302 g/mol. The fraction of sp³-hybridized carbons (Fsp3) is 0.0833. The number of imide groups is 1. The topological polar surface area (TPSA) is 131 Å². The lowest BCUT2D eigenvalue weighted by atomic mass is 10.2. The third-order valence-corrected chi connectivity index (χ3v) is 2.65. The Labute approximate surface area is 123 Å². The summed E-state index contributed by atoms with van der Waals surface area (Å²) in [5.74, 6) is -0.359. The van der Waals surface area contributed by atoms with E-state index < -0.39 is 11.9 Å². The lowest BCUT2D eigenvalue weighted by Gasteiger charge is -2.07. The maximum Gasteiger partial charge on any atom is 0.326 e. The summed E-state index contributed by atoms with van der Waals surface area (Å²) in [6.07, 6.45) is 1.14. The van der Waals surface area contributed by atoms with Gasteiger partial charge in [-0.1, -0.05) is 12.1 Å². The first-order valence-corrected chi connectivity index (χ1v) is 6.13. The van der Waals surface area contributed by atoms with Gasteiger partial charge in [0.05, 0.1) is 0 Å². The number of hydrogen-bond acceptors (Lipinski definition) is 7. The van der Waals surface area contributed by atoms with E-state index in [0.29, 0.717) is 17.1 Å². The Morgan fingerprint density at radius 1 is 1.32 bits per heavy atom. The zero-order chi connectivity index (χ0) is 15.4. The molecule has 1 aromatic carbocycles. The van der Waals surface area contributed by atoms with Crippen LogP contribution in [0.4, 0.5) is 10.5 Å². The van der Waals surface area contributed by atoms with E-state index in [2.05, 4.69) is 31.3 Å². The molecule has 10 nitrogen and oxygen atoms in total. The van der Waals surface area contributed by atoms with Crippen LogP contribution in [0.15, 0.2) is 36.3 Å². The van der Waals surface area contributed by atoms with Crippen molar-refractivity contribution < 1.29 is 19.1 Å². The summed E-state index contributed by atoms with van der Waals surface area (Å²) in [4.78, 5) is 23.4. The summed E-state index contributed by atoms with van der Waals surface area (Å²) in [5, 5.41) is 18.1. The fourth-order valence-corrected chi connectivity index (χ4v) is 1.71. The second kappa shape index (κ2) is 5.91. The van der Waals surface area contributed by atoms with Crippen LogP contribution in [-0.2, 0) is 14.3 Å². The van der Waals surface area contributed by atoms with Crippen LogP contribution in [0.25, 0.3) is 11.4 Å². The lowest BCUT2D eigenvalue weighted by Crippen LogP contribution is -2.35. The molecule has 0 saturated carbocycles. The van der Waals surface area contributed by atoms with E-state index in [9.17, 15) is 9.59 Å². The van der Waals surface area contributed by atoms with Crippen molar-refractivity contribution in [2.24, 2.45) is 0 Å². The molecule has 0 unspecified atom stereocenters. The quantitative estimate of drug-likeness (QED) is 0.745. The SMILES string of the molecule is O=C(NC(=O)C1=COCO1)Nc1cccc(-c2nn[nH]n2)c1. The second-order valence-electron chi connectivity index (χ2n) is 4.14. The number of nitrogens with zero attached hydrogens (tertiary/aromatic N) is 3. The van der Waals surface area contributed by atoms with Crippen molar-refractivity contribution in [1.29, 1.82) is 0 Å². The molecule has 0 atom stereocenters. The standard InChI is InChI=1S/C12H10N6O4/c19-11(9-5-21-6-22-9)14-12(20)13-8-3-1-2-7(4-8)10-15-17-18-16-10/h1-5H,6H2,(H2,13,14,19,20)(H,15,16,17,18). The van der Waals surface area contributed by atoms with E-state index in [4.69, 9.17) is 9.47 Å². The van der Waals surface area contributed by atoms with E-state index in [-0.39, 0.29) is 12.6 Å². The maximum absolute atomic E-state index is 11.8. The molecule has 10 heteroatoms. The summed E-state index contributed by atoms with van der Waals surface area (Å²) in [5.41, 5.74) is 1.12.